The van der Waals surface area contributed by atoms with Gasteiger partial charge in [-0.2, -0.15) is 31.4 Å². The van der Waals surface area contributed by atoms with E-state index in [4.69, 9.17) is 5.10 Å². The molecule has 1 aromatic carbocycles. The van der Waals surface area contributed by atoms with E-state index < -0.39 is 23.9 Å². The summed E-state index contributed by atoms with van der Waals surface area (Å²) in [7, 11) is 0. The van der Waals surface area contributed by atoms with Gasteiger partial charge < -0.3 is 10.2 Å². The van der Waals surface area contributed by atoms with Crippen molar-refractivity contribution in [3.8, 4) is 0 Å². The van der Waals surface area contributed by atoms with Crippen LogP contribution in [-0.4, -0.2) is 64.1 Å². The molecule has 0 radical (unpaired) electrons. The van der Waals surface area contributed by atoms with Crippen molar-refractivity contribution in [2.75, 3.05) is 19.6 Å². The standard InChI is InChI=1S/C28H40N4O.C4F6O2/c1-2-24-27(26-13-6-7-17-32(26)30-24)22-14-18-31(19-15-22)20-16-25(21-9-4-3-5-10-21)29-28(33)23-11-8-12-23;5-3(6,7)1(11)2(12)4(8,9)10/h3-5,9-10,22-23,25H,2,6-8,11-20H2,1H3,(H,29,33);/t25-;/m0./s1. The summed E-state index contributed by atoms with van der Waals surface area (Å²) in [6.45, 7) is 6.71. The topological polar surface area (TPSA) is 84.3 Å². The SMILES string of the molecule is CCc1nn2c(c1C1CCN(CC[C@H](NC(=O)C3CCC3)c3ccccc3)CC1)CCCC2.O=C(C(=O)C(F)(F)F)C(F)(F)F. The monoisotopic (exact) mass is 642 g/mol. The third-order valence-electron chi connectivity index (χ3n) is 8.99. The lowest BCUT2D eigenvalue weighted by Crippen LogP contribution is -2.39. The van der Waals surface area contributed by atoms with Crippen LogP contribution in [0, 0.1) is 5.92 Å². The quantitative estimate of drug-likeness (QED) is 0.258. The highest BCUT2D eigenvalue weighted by molar-refractivity contribution is 6.41. The molecule has 2 aromatic rings. The molecule has 1 aliphatic carbocycles. The van der Waals surface area contributed by atoms with Gasteiger partial charge in [0.25, 0.3) is 0 Å². The highest BCUT2D eigenvalue weighted by Gasteiger charge is 2.54. The van der Waals surface area contributed by atoms with Gasteiger partial charge >= 0.3 is 23.9 Å². The minimum atomic E-state index is -5.77. The highest BCUT2D eigenvalue weighted by atomic mass is 19.4. The fourth-order valence-electron chi connectivity index (χ4n) is 6.28. The molecule has 13 heteroatoms. The number of aryl methyl sites for hydroxylation is 2. The number of benzene rings is 1. The first-order chi connectivity index (χ1) is 21.3. The number of nitrogens with zero attached hydrogens (tertiary/aromatic N) is 3. The molecule has 1 N–H and O–H groups in total. The molecule has 1 saturated carbocycles. The van der Waals surface area contributed by atoms with Crippen molar-refractivity contribution in [2.45, 2.75) is 102 Å². The summed E-state index contributed by atoms with van der Waals surface area (Å²) in [5, 5.41) is 8.35. The molecule has 1 aromatic heterocycles. The largest absolute Gasteiger partial charge is 0.458 e. The van der Waals surface area contributed by atoms with Gasteiger partial charge in [-0.25, -0.2) is 0 Å². The molecule has 2 aliphatic heterocycles. The second kappa shape index (κ2) is 14.9. The second-order valence-corrected chi connectivity index (χ2v) is 12.0. The van der Waals surface area contributed by atoms with Crippen LogP contribution in [0.1, 0.15) is 92.8 Å². The molecule has 7 nitrogen and oxygen atoms in total. The van der Waals surface area contributed by atoms with E-state index in [1.54, 1.807) is 11.3 Å². The molecule has 0 bridgehead atoms. The summed E-state index contributed by atoms with van der Waals surface area (Å²) in [5.41, 5.74) is 5.73. The number of piperidine rings is 1. The Balaban J connectivity index is 0.000000328. The van der Waals surface area contributed by atoms with Crippen molar-refractivity contribution in [1.29, 1.82) is 0 Å². The van der Waals surface area contributed by atoms with Crippen LogP contribution in [0.4, 0.5) is 26.3 Å². The van der Waals surface area contributed by atoms with Crippen LogP contribution >= 0.6 is 0 Å². The van der Waals surface area contributed by atoms with Gasteiger partial charge in [-0.15, -0.1) is 0 Å². The molecular weight excluding hydrogens is 602 g/mol. The maximum Gasteiger partial charge on any atom is 0.458 e. The number of nitrogens with one attached hydrogen (secondary N) is 1. The van der Waals surface area contributed by atoms with Gasteiger partial charge in [-0.3, -0.25) is 19.1 Å². The molecule has 3 heterocycles. The minimum Gasteiger partial charge on any atom is -0.349 e. The Bertz CT molecular complexity index is 1290. The number of amides is 1. The van der Waals surface area contributed by atoms with E-state index in [-0.39, 0.29) is 17.9 Å². The van der Waals surface area contributed by atoms with E-state index in [0.29, 0.717) is 5.92 Å². The summed E-state index contributed by atoms with van der Waals surface area (Å²) < 4.78 is 69.3. The highest BCUT2D eigenvalue weighted by Crippen LogP contribution is 2.36. The maximum absolute atomic E-state index is 12.7. The van der Waals surface area contributed by atoms with E-state index in [9.17, 15) is 40.7 Å². The first-order valence-electron chi connectivity index (χ1n) is 15.7. The Morgan fingerprint density at radius 1 is 0.889 bits per heavy atom. The third kappa shape index (κ3) is 8.95. The van der Waals surface area contributed by atoms with E-state index in [1.807, 2.05) is 0 Å². The number of carbonyl (C=O) groups is 3. The summed E-state index contributed by atoms with van der Waals surface area (Å²) >= 11 is 0. The van der Waals surface area contributed by atoms with Gasteiger partial charge in [0.15, 0.2) is 0 Å². The van der Waals surface area contributed by atoms with Crippen molar-refractivity contribution in [2.24, 2.45) is 5.92 Å². The normalized spacial score (nSPS) is 18.6. The number of alkyl halides is 6. The van der Waals surface area contributed by atoms with Gasteiger partial charge in [0.1, 0.15) is 0 Å². The van der Waals surface area contributed by atoms with Gasteiger partial charge in [0, 0.05) is 24.7 Å². The number of hydrogen-bond donors (Lipinski definition) is 1. The zero-order valence-corrected chi connectivity index (χ0v) is 25.4. The van der Waals surface area contributed by atoms with E-state index in [1.165, 1.54) is 49.8 Å². The van der Waals surface area contributed by atoms with Gasteiger partial charge in [-0.1, -0.05) is 43.7 Å². The lowest BCUT2D eigenvalue weighted by molar-refractivity contribution is -0.193. The number of hydrogen-bond acceptors (Lipinski definition) is 5. The van der Waals surface area contributed by atoms with Crippen LogP contribution in [0.15, 0.2) is 30.3 Å². The van der Waals surface area contributed by atoms with Crippen molar-refractivity contribution < 1.29 is 40.7 Å². The number of fused-ring (bicyclic) bond motifs is 1. The summed E-state index contributed by atoms with van der Waals surface area (Å²) in [4.78, 5) is 34.5. The summed E-state index contributed by atoms with van der Waals surface area (Å²) in [6.07, 6.45) is 0.0600. The number of carbonyl (C=O) groups excluding carboxylic acids is 3. The molecule has 2 fully saturated rings. The van der Waals surface area contributed by atoms with Crippen LogP contribution < -0.4 is 5.32 Å². The maximum atomic E-state index is 12.7. The number of ketones is 2. The second-order valence-electron chi connectivity index (χ2n) is 12.0. The van der Waals surface area contributed by atoms with Crippen LogP contribution in [0.3, 0.4) is 0 Å². The van der Waals surface area contributed by atoms with Gasteiger partial charge in [0.05, 0.1) is 11.7 Å². The van der Waals surface area contributed by atoms with Crippen molar-refractivity contribution in [3.05, 3.63) is 52.8 Å². The molecule has 0 unspecified atom stereocenters. The Labute approximate surface area is 258 Å². The zero-order valence-electron chi connectivity index (χ0n) is 25.4. The molecule has 3 aliphatic rings. The third-order valence-corrected chi connectivity index (χ3v) is 8.99. The van der Waals surface area contributed by atoms with Gasteiger partial charge in [0.2, 0.25) is 5.91 Å². The molecule has 1 atom stereocenters. The van der Waals surface area contributed by atoms with Crippen molar-refractivity contribution in [3.63, 3.8) is 0 Å². The average Bonchev–Trinajstić information content (AvgIpc) is 3.36. The number of rotatable bonds is 9. The Morgan fingerprint density at radius 3 is 2.04 bits per heavy atom. The molecule has 5 rings (SSSR count). The van der Waals surface area contributed by atoms with Crippen molar-refractivity contribution >= 4 is 17.5 Å². The van der Waals surface area contributed by atoms with Crippen LogP contribution in [0.5, 0.6) is 0 Å². The Hall–Kier alpha value is -3.22. The number of halogens is 6. The number of Topliss-reactive ketones (excluding diaryl/α,β-unsaturated/α-hetero) is 2. The Morgan fingerprint density at radius 2 is 1.51 bits per heavy atom. The smallest absolute Gasteiger partial charge is 0.349 e. The van der Waals surface area contributed by atoms with Crippen molar-refractivity contribution in [1.82, 2.24) is 20.0 Å². The number of aromatic nitrogens is 2. The van der Waals surface area contributed by atoms with Crippen LogP contribution in [-0.2, 0) is 33.8 Å². The molecule has 1 amide bonds. The fraction of sp³-hybridized carbons (Fsp3) is 0.625. The molecule has 45 heavy (non-hydrogen) atoms. The summed E-state index contributed by atoms with van der Waals surface area (Å²) in [5.74, 6) is -5.65. The minimum absolute atomic E-state index is 0.117. The predicted molar refractivity (Wildman–Crippen MR) is 154 cm³/mol. The van der Waals surface area contributed by atoms with Crippen LogP contribution in [0.2, 0.25) is 0 Å². The molecule has 0 spiro atoms. The predicted octanol–water partition coefficient (Wildman–Crippen LogP) is 6.26. The van der Waals surface area contributed by atoms with Crippen LogP contribution in [0.25, 0.3) is 0 Å². The first-order valence-corrected chi connectivity index (χ1v) is 15.7. The Kier molecular flexibility index (Phi) is 11.5. The van der Waals surface area contributed by atoms with Gasteiger partial charge in [-0.05, 0) is 87.9 Å². The number of likely N-dealkylation sites (tertiary alicyclic amines) is 1. The average molecular weight is 643 g/mol. The van der Waals surface area contributed by atoms with E-state index in [2.05, 4.69) is 52.2 Å². The van der Waals surface area contributed by atoms with E-state index in [0.717, 1.165) is 51.9 Å². The lowest BCUT2D eigenvalue weighted by Gasteiger charge is -2.34. The summed E-state index contributed by atoms with van der Waals surface area (Å²) in [6, 6.07) is 10.7. The first kappa shape index (κ1) is 34.6. The molecule has 1 saturated heterocycles. The zero-order chi connectivity index (χ0) is 32.8. The van der Waals surface area contributed by atoms with E-state index >= 15 is 0 Å². The fourth-order valence-corrected chi connectivity index (χ4v) is 6.28. The molecule has 248 valence electrons. The molecular formula is C32H40F6N4O3. The lowest BCUT2D eigenvalue weighted by atomic mass is 9.84.